The molecule has 10 nitrogen and oxygen atoms in total. The SMILES string of the molecule is COc1ccc(-c2cn(-c3ncccc3C(=O)NC(Cc3ccccc3)C3(C(N)=O)OC=CO3)cn2)cc1. The van der Waals surface area contributed by atoms with Crippen LogP contribution in [0.4, 0.5) is 0 Å². The predicted molar refractivity (Wildman–Crippen MR) is 138 cm³/mol. The molecule has 10 heteroatoms. The van der Waals surface area contributed by atoms with Gasteiger partial charge in [-0.05, 0) is 42.0 Å². The fourth-order valence-corrected chi connectivity index (χ4v) is 4.23. The molecule has 1 aliphatic rings. The van der Waals surface area contributed by atoms with E-state index in [2.05, 4.69) is 15.3 Å². The Morgan fingerprint density at radius 3 is 2.45 bits per heavy atom. The van der Waals surface area contributed by atoms with Gasteiger partial charge < -0.3 is 25.3 Å². The van der Waals surface area contributed by atoms with Crippen molar-refractivity contribution in [2.75, 3.05) is 7.11 Å². The second-order valence-electron chi connectivity index (χ2n) is 8.52. The molecule has 0 aliphatic carbocycles. The average Bonchev–Trinajstić information content (AvgIpc) is 3.65. The number of carbonyl (C=O) groups is 2. The Morgan fingerprint density at radius 2 is 1.76 bits per heavy atom. The summed E-state index contributed by atoms with van der Waals surface area (Å²) in [7, 11) is 1.61. The molecule has 0 saturated carbocycles. The molecule has 4 aromatic rings. The molecule has 5 rings (SSSR count). The van der Waals surface area contributed by atoms with E-state index in [0.717, 1.165) is 16.9 Å². The Labute approximate surface area is 218 Å². The van der Waals surface area contributed by atoms with Crippen molar-refractivity contribution >= 4 is 11.8 Å². The molecule has 192 valence electrons. The van der Waals surface area contributed by atoms with Gasteiger partial charge in [-0.25, -0.2) is 9.97 Å². The molecular formula is C28H25N5O5. The van der Waals surface area contributed by atoms with E-state index in [1.165, 1.54) is 12.5 Å². The van der Waals surface area contributed by atoms with E-state index in [9.17, 15) is 9.59 Å². The zero-order valence-corrected chi connectivity index (χ0v) is 20.5. The van der Waals surface area contributed by atoms with Gasteiger partial charge in [-0.1, -0.05) is 30.3 Å². The maximum atomic E-state index is 13.6. The number of hydrogen-bond donors (Lipinski definition) is 2. The minimum absolute atomic E-state index is 0.222. The molecular weight excluding hydrogens is 486 g/mol. The number of primary amides is 1. The smallest absolute Gasteiger partial charge is 0.352 e. The molecule has 0 saturated heterocycles. The molecule has 3 heterocycles. The van der Waals surface area contributed by atoms with Gasteiger partial charge in [0, 0.05) is 24.4 Å². The highest BCUT2D eigenvalue weighted by molar-refractivity contribution is 5.98. The second-order valence-corrected chi connectivity index (χ2v) is 8.52. The lowest BCUT2D eigenvalue weighted by Gasteiger charge is -2.33. The molecule has 3 N–H and O–H groups in total. The fourth-order valence-electron chi connectivity index (χ4n) is 4.23. The molecule has 1 unspecified atom stereocenters. The number of nitrogens with zero attached hydrogens (tertiary/aromatic N) is 3. The lowest BCUT2D eigenvalue weighted by molar-refractivity contribution is -0.182. The highest BCUT2D eigenvalue weighted by Crippen LogP contribution is 2.28. The highest BCUT2D eigenvalue weighted by Gasteiger charge is 2.51. The summed E-state index contributed by atoms with van der Waals surface area (Å²) >= 11 is 0. The molecule has 38 heavy (non-hydrogen) atoms. The molecule has 2 aromatic carbocycles. The van der Waals surface area contributed by atoms with Crippen LogP contribution in [-0.2, 0) is 20.7 Å². The summed E-state index contributed by atoms with van der Waals surface area (Å²) in [6, 6.07) is 19.2. The number of aromatic nitrogens is 3. The first-order chi connectivity index (χ1) is 18.5. The zero-order valence-electron chi connectivity index (χ0n) is 20.5. The number of hydrogen-bond acceptors (Lipinski definition) is 7. The molecule has 1 aliphatic heterocycles. The molecule has 0 radical (unpaired) electrons. The van der Waals surface area contributed by atoms with E-state index in [4.69, 9.17) is 19.9 Å². The number of amides is 2. The van der Waals surface area contributed by atoms with Crippen LogP contribution in [-0.4, -0.2) is 45.3 Å². The van der Waals surface area contributed by atoms with Crippen LogP contribution in [0.1, 0.15) is 15.9 Å². The summed E-state index contributed by atoms with van der Waals surface area (Å²) in [5.41, 5.74) is 8.36. The number of nitrogens with two attached hydrogens (primary N) is 1. The molecule has 1 atom stereocenters. The van der Waals surface area contributed by atoms with E-state index < -0.39 is 23.6 Å². The summed E-state index contributed by atoms with van der Waals surface area (Å²) in [6.07, 6.45) is 7.63. The largest absolute Gasteiger partial charge is 0.497 e. The van der Waals surface area contributed by atoms with Gasteiger partial charge in [0.05, 0.1) is 18.4 Å². The first-order valence-corrected chi connectivity index (χ1v) is 11.8. The maximum absolute atomic E-state index is 13.6. The van der Waals surface area contributed by atoms with Crippen molar-refractivity contribution in [3.63, 3.8) is 0 Å². The maximum Gasteiger partial charge on any atom is 0.352 e. The van der Waals surface area contributed by atoms with Crippen molar-refractivity contribution in [2.45, 2.75) is 18.2 Å². The summed E-state index contributed by atoms with van der Waals surface area (Å²) in [5.74, 6) is -2.16. The lowest BCUT2D eigenvalue weighted by Crippen LogP contribution is -2.61. The van der Waals surface area contributed by atoms with Crippen molar-refractivity contribution in [1.29, 1.82) is 0 Å². The fraction of sp³-hybridized carbons (Fsp3) is 0.143. The summed E-state index contributed by atoms with van der Waals surface area (Å²) in [5, 5.41) is 2.89. The summed E-state index contributed by atoms with van der Waals surface area (Å²) in [6.45, 7) is 0. The van der Waals surface area contributed by atoms with Crippen molar-refractivity contribution in [2.24, 2.45) is 5.73 Å². The van der Waals surface area contributed by atoms with Crippen molar-refractivity contribution in [3.8, 4) is 22.8 Å². The third-order valence-electron chi connectivity index (χ3n) is 6.18. The monoisotopic (exact) mass is 511 g/mol. The number of rotatable bonds is 9. The number of pyridine rings is 1. The number of imidazole rings is 1. The number of ether oxygens (including phenoxy) is 3. The Kier molecular flexibility index (Phi) is 6.77. The van der Waals surface area contributed by atoms with E-state index >= 15 is 0 Å². The lowest BCUT2D eigenvalue weighted by atomic mass is 9.97. The van der Waals surface area contributed by atoms with Crippen molar-refractivity contribution in [1.82, 2.24) is 19.9 Å². The topological polar surface area (TPSA) is 131 Å². The van der Waals surface area contributed by atoms with Gasteiger partial charge in [0.15, 0.2) is 5.82 Å². The summed E-state index contributed by atoms with van der Waals surface area (Å²) in [4.78, 5) is 35.0. The Bertz CT molecular complexity index is 1460. The van der Waals surface area contributed by atoms with Gasteiger partial charge in [-0.15, -0.1) is 0 Å². The third-order valence-corrected chi connectivity index (χ3v) is 6.18. The quantitative estimate of drug-likeness (QED) is 0.353. The van der Waals surface area contributed by atoms with Crippen LogP contribution in [0.25, 0.3) is 17.1 Å². The first-order valence-electron chi connectivity index (χ1n) is 11.8. The van der Waals surface area contributed by atoms with E-state index in [0.29, 0.717) is 11.5 Å². The van der Waals surface area contributed by atoms with E-state index in [1.54, 1.807) is 42.5 Å². The highest BCUT2D eigenvalue weighted by atomic mass is 16.7. The first kappa shape index (κ1) is 24.6. The second kappa shape index (κ2) is 10.5. The van der Waals surface area contributed by atoms with Crippen LogP contribution < -0.4 is 15.8 Å². The average molecular weight is 512 g/mol. The van der Waals surface area contributed by atoms with Crippen LogP contribution in [0.5, 0.6) is 5.75 Å². The summed E-state index contributed by atoms with van der Waals surface area (Å²) < 4.78 is 17.9. The Morgan fingerprint density at radius 1 is 1.03 bits per heavy atom. The zero-order chi connectivity index (χ0) is 26.5. The minimum atomic E-state index is -1.90. The standard InChI is InChI=1S/C28H25N5O5/c1-36-21-11-9-20(10-12-21)23-17-33(18-31-23)25-22(8-5-13-30-25)26(34)32-24(16-19-6-3-2-4-7-19)28(27(29)35)37-14-15-38-28/h2-15,17-18,24H,16H2,1H3,(H2,29,35)(H,32,34). The van der Waals surface area contributed by atoms with Gasteiger partial charge in [0.2, 0.25) is 0 Å². The third kappa shape index (κ3) is 4.79. The number of nitrogens with one attached hydrogen (secondary N) is 1. The van der Waals surface area contributed by atoms with Crippen LogP contribution in [0, 0.1) is 0 Å². The van der Waals surface area contributed by atoms with E-state index in [-0.39, 0.29) is 12.0 Å². The van der Waals surface area contributed by atoms with Crippen LogP contribution in [0.2, 0.25) is 0 Å². The van der Waals surface area contributed by atoms with Gasteiger partial charge in [0.1, 0.15) is 30.6 Å². The number of methoxy groups -OCH3 is 1. The molecule has 2 aromatic heterocycles. The number of carbonyl (C=O) groups excluding carboxylic acids is 2. The molecule has 0 fully saturated rings. The van der Waals surface area contributed by atoms with Gasteiger partial charge in [-0.3, -0.25) is 14.2 Å². The number of benzene rings is 2. The Balaban J connectivity index is 1.45. The van der Waals surface area contributed by atoms with Crippen molar-refractivity contribution in [3.05, 3.63) is 109 Å². The van der Waals surface area contributed by atoms with Gasteiger partial charge in [0.25, 0.3) is 5.91 Å². The molecule has 0 spiro atoms. The Hall–Kier alpha value is -5.12. The van der Waals surface area contributed by atoms with Gasteiger partial charge >= 0.3 is 11.7 Å². The van der Waals surface area contributed by atoms with Crippen LogP contribution in [0.3, 0.4) is 0 Å². The van der Waals surface area contributed by atoms with E-state index in [1.807, 2.05) is 54.6 Å². The normalized spacial score (nSPS) is 14.2. The van der Waals surface area contributed by atoms with Gasteiger partial charge in [-0.2, -0.15) is 0 Å². The van der Waals surface area contributed by atoms with Crippen LogP contribution >= 0.6 is 0 Å². The molecule has 0 bridgehead atoms. The van der Waals surface area contributed by atoms with Crippen molar-refractivity contribution < 1.29 is 23.8 Å². The molecule has 2 amide bonds. The van der Waals surface area contributed by atoms with Crippen LogP contribution in [0.15, 0.2) is 98.0 Å². The minimum Gasteiger partial charge on any atom is -0.497 e. The predicted octanol–water partition coefficient (Wildman–Crippen LogP) is 2.98.